The third-order valence-corrected chi connectivity index (χ3v) is 5.15. The Bertz CT molecular complexity index is 724. The van der Waals surface area contributed by atoms with Gasteiger partial charge in [0.05, 0.1) is 6.04 Å². The Hall–Kier alpha value is -2.44. The van der Waals surface area contributed by atoms with E-state index in [2.05, 4.69) is 27.3 Å². The molecule has 1 saturated carbocycles. The van der Waals surface area contributed by atoms with E-state index in [1.165, 1.54) is 32.1 Å². The van der Waals surface area contributed by atoms with Crippen LogP contribution in [0, 0.1) is 6.92 Å². The van der Waals surface area contributed by atoms with Crippen molar-refractivity contribution in [1.29, 1.82) is 0 Å². The maximum absolute atomic E-state index is 12.2. The first-order chi connectivity index (χ1) is 12.5. The minimum atomic E-state index is -0.146. The second-order valence-electron chi connectivity index (χ2n) is 7.11. The van der Waals surface area contributed by atoms with E-state index in [1.807, 2.05) is 20.0 Å². The molecule has 26 heavy (non-hydrogen) atoms. The third-order valence-electron chi connectivity index (χ3n) is 5.15. The zero-order valence-corrected chi connectivity index (χ0v) is 15.9. The summed E-state index contributed by atoms with van der Waals surface area (Å²) in [7, 11) is 2.08. The van der Waals surface area contributed by atoms with Gasteiger partial charge in [0.25, 0.3) is 0 Å². The monoisotopic (exact) mass is 356 g/mol. The molecule has 2 aromatic rings. The van der Waals surface area contributed by atoms with Crippen molar-refractivity contribution in [3.05, 3.63) is 35.9 Å². The lowest BCUT2D eigenvalue weighted by molar-refractivity contribution is -0.122. The van der Waals surface area contributed by atoms with Crippen LogP contribution in [0.25, 0.3) is 0 Å². The van der Waals surface area contributed by atoms with E-state index in [-0.39, 0.29) is 18.5 Å². The summed E-state index contributed by atoms with van der Waals surface area (Å²) in [6, 6.07) is 2.18. The van der Waals surface area contributed by atoms with Crippen LogP contribution in [0.2, 0.25) is 0 Å². The van der Waals surface area contributed by atoms with Crippen molar-refractivity contribution in [2.45, 2.75) is 64.6 Å². The maximum atomic E-state index is 12.2. The Labute approximate surface area is 154 Å². The van der Waals surface area contributed by atoms with Gasteiger partial charge in [-0.05, 0) is 32.8 Å². The van der Waals surface area contributed by atoms with Gasteiger partial charge in [0.1, 0.15) is 6.54 Å². The largest absolute Gasteiger partial charge is 0.348 e. The molecule has 0 bridgehead atoms. The lowest BCUT2D eigenvalue weighted by atomic mass is 9.95. The first-order valence-corrected chi connectivity index (χ1v) is 9.37. The summed E-state index contributed by atoms with van der Waals surface area (Å²) in [5, 5.41) is 7.05. The SMILES string of the molecule is Cc1nc(N(C)C2CCCCC2)ncc1C(C)NC(=O)Cn1cccn1. The molecule has 0 aromatic carbocycles. The van der Waals surface area contributed by atoms with Crippen molar-refractivity contribution in [3.63, 3.8) is 0 Å². The molecule has 1 amide bonds. The number of aromatic nitrogens is 4. The summed E-state index contributed by atoms with van der Waals surface area (Å²) in [6.45, 7) is 4.14. The van der Waals surface area contributed by atoms with Crippen LogP contribution in [0.1, 0.15) is 56.3 Å². The third kappa shape index (κ3) is 4.39. The summed E-state index contributed by atoms with van der Waals surface area (Å²) in [4.78, 5) is 23.6. The summed E-state index contributed by atoms with van der Waals surface area (Å²) in [5.41, 5.74) is 1.85. The predicted molar refractivity (Wildman–Crippen MR) is 101 cm³/mol. The van der Waals surface area contributed by atoms with Gasteiger partial charge in [-0.1, -0.05) is 19.3 Å². The molecule has 0 spiro atoms. The molecule has 2 heterocycles. The van der Waals surface area contributed by atoms with Crippen LogP contribution < -0.4 is 10.2 Å². The Morgan fingerprint density at radius 2 is 2.15 bits per heavy atom. The molecule has 1 aliphatic rings. The van der Waals surface area contributed by atoms with E-state index in [0.717, 1.165) is 17.2 Å². The molecule has 1 aliphatic carbocycles. The van der Waals surface area contributed by atoms with Crippen molar-refractivity contribution in [2.75, 3.05) is 11.9 Å². The van der Waals surface area contributed by atoms with Crippen LogP contribution in [-0.4, -0.2) is 38.7 Å². The molecule has 140 valence electrons. The molecule has 7 heteroatoms. The zero-order chi connectivity index (χ0) is 18.5. The maximum Gasteiger partial charge on any atom is 0.242 e. The number of anilines is 1. The molecule has 1 N–H and O–H groups in total. The average molecular weight is 356 g/mol. The summed E-state index contributed by atoms with van der Waals surface area (Å²) in [5.74, 6) is 0.692. The Kier molecular flexibility index (Phi) is 5.85. The first-order valence-electron chi connectivity index (χ1n) is 9.37. The fraction of sp³-hybridized carbons (Fsp3) is 0.579. The first kappa shape index (κ1) is 18.4. The molecule has 7 nitrogen and oxygen atoms in total. The van der Waals surface area contributed by atoms with Crippen molar-refractivity contribution in [3.8, 4) is 0 Å². The molecule has 1 unspecified atom stereocenters. The number of nitrogens with one attached hydrogen (secondary N) is 1. The number of carbonyl (C=O) groups excluding carboxylic acids is 1. The van der Waals surface area contributed by atoms with Crippen LogP contribution in [0.3, 0.4) is 0 Å². The standard InChI is InChI=1S/C19H28N6O/c1-14(22-18(26)13-25-11-7-10-21-25)17-12-20-19(23-15(17)2)24(3)16-8-5-4-6-9-16/h7,10-12,14,16H,4-6,8-9,13H2,1-3H3,(H,22,26). The van der Waals surface area contributed by atoms with E-state index >= 15 is 0 Å². The van der Waals surface area contributed by atoms with Crippen LogP contribution in [0.15, 0.2) is 24.7 Å². The van der Waals surface area contributed by atoms with Gasteiger partial charge in [-0.25, -0.2) is 9.97 Å². The molecule has 3 rings (SSSR count). The Balaban J connectivity index is 1.63. The number of nitrogens with zero attached hydrogens (tertiary/aromatic N) is 5. The van der Waals surface area contributed by atoms with Gasteiger partial charge in [0.2, 0.25) is 11.9 Å². The molecule has 0 aliphatic heterocycles. The minimum Gasteiger partial charge on any atom is -0.348 e. The molecule has 1 fully saturated rings. The fourth-order valence-electron chi connectivity index (χ4n) is 3.60. The lowest BCUT2D eigenvalue weighted by Gasteiger charge is -2.31. The summed E-state index contributed by atoms with van der Waals surface area (Å²) >= 11 is 0. The van der Waals surface area contributed by atoms with Crippen LogP contribution in [0.4, 0.5) is 5.95 Å². The molecular weight excluding hydrogens is 328 g/mol. The van der Waals surface area contributed by atoms with E-state index in [9.17, 15) is 4.79 Å². The number of aryl methyl sites for hydroxylation is 1. The number of amides is 1. The highest BCUT2D eigenvalue weighted by Crippen LogP contribution is 2.25. The highest BCUT2D eigenvalue weighted by molar-refractivity contribution is 5.76. The molecule has 1 atom stereocenters. The zero-order valence-electron chi connectivity index (χ0n) is 15.9. The van der Waals surface area contributed by atoms with Gasteiger partial charge in [-0.2, -0.15) is 5.10 Å². The quantitative estimate of drug-likeness (QED) is 0.861. The summed E-state index contributed by atoms with van der Waals surface area (Å²) in [6.07, 6.45) is 11.6. The second-order valence-corrected chi connectivity index (χ2v) is 7.11. The van der Waals surface area contributed by atoms with E-state index in [4.69, 9.17) is 4.98 Å². The van der Waals surface area contributed by atoms with Gasteiger partial charge >= 0.3 is 0 Å². The van der Waals surface area contributed by atoms with E-state index < -0.39 is 0 Å². The van der Waals surface area contributed by atoms with Gasteiger partial charge in [-0.3, -0.25) is 9.48 Å². The topological polar surface area (TPSA) is 75.9 Å². The van der Waals surface area contributed by atoms with Crippen LogP contribution in [0.5, 0.6) is 0 Å². The Morgan fingerprint density at radius 3 is 2.81 bits per heavy atom. The lowest BCUT2D eigenvalue weighted by Crippen LogP contribution is -2.35. The average Bonchev–Trinajstić information content (AvgIpc) is 3.14. The second kappa shape index (κ2) is 8.29. The van der Waals surface area contributed by atoms with Crippen LogP contribution in [-0.2, 0) is 11.3 Å². The number of hydrogen-bond donors (Lipinski definition) is 1. The van der Waals surface area contributed by atoms with Gasteiger partial charge in [0, 0.05) is 42.9 Å². The fourth-order valence-corrected chi connectivity index (χ4v) is 3.60. The van der Waals surface area contributed by atoms with Gasteiger partial charge in [-0.15, -0.1) is 0 Å². The molecule has 0 radical (unpaired) electrons. The summed E-state index contributed by atoms with van der Waals surface area (Å²) < 4.78 is 1.60. The predicted octanol–water partition coefficient (Wildman–Crippen LogP) is 2.63. The van der Waals surface area contributed by atoms with Crippen molar-refractivity contribution in [2.24, 2.45) is 0 Å². The molecular formula is C19H28N6O. The Morgan fingerprint density at radius 1 is 1.38 bits per heavy atom. The smallest absolute Gasteiger partial charge is 0.242 e. The molecule has 2 aromatic heterocycles. The minimum absolute atomic E-state index is 0.0796. The number of carbonyl (C=O) groups is 1. The van der Waals surface area contributed by atoms with Gasteiger partial charge in [0.15, 0.2) is 0 Å². The highest BCUT2D eigenvalue weighted by atomic mass is 16.2. The number of hydrogen-bond acceptors (Lipinski definition) is 5. The van der Waals surface area contributed by atoms with E-state index in [0.29, 0.717) is 6.04 Å². The van der Waals surface area contributed by atoms with Crippen molar-refractivity contribution < 1.29 is 4.79 Å². The molecule has 0 saturated heterocycles. The van der Waals surface area contributed by atoms with Gasteiger partial charge < -0.3 is 10.2 Å². The normalized spacial score (nSPS) is 16.3. The van der Waals surface area contributed by atoms with Crippen molar-refractivity contribution >= 4 is 11.9 Å². The highest BCUT2D eigenvalue weighted by Gasteiger charge is 2.21. The van der Waals surface area contributed by atoms with E-state index in [1.54, 1.807) is 23.1 Å². The van der Waals surface area contributed by atoms with Crippen LogP contribution >= 0.6 is 0 Å². The number of rotatable bonds is 6. The van der Waals surface area contributed by atoms with Crippen molar-refractivity contribution in [1.82, 2.24) is 25.1 Å².